The fourth-order valence-electron chi connectivity index (χ4n) is 0.639. The quantitative estimate of drug-likeness (QED) is 0.566. The van der Waals surface area contributed by atoms with Crippen LogP contribution >= 0.6 is 0 Å². The van der Waals surface area contributed by atoms with Gasteiger partial charge in [-0.2, -0.15) is 10.4 Å². The van der Waals surface area contributed by atoms with Crippen molar-refractivity contribution in [3.63, 3.8) is 0 Å². The number of hydrogen-bond donors (Lipinski definition) is 2. The van der Waals surface area contributed by atoms with Crippen molar-refractivity contribution in [3.8, 4) is 17.9 Å². The van der Waals surface area contributed by atoms with E-state index in [4.69, 9.17) is 10.4 Å². The zero-order chi connectivity index (χ0) is 8.97. The van der Waals surface area contributed by atoms with Crippen LogP contribution in [0.3, 0.4) is 0 Å². The molecule has 12 heavy (non-hydrogen) atoms. The second-order valence-electron chi connectivity index (χ2n) is 1.83. The molecule has 0 bridgehead atoms. The van der Waals surface area contributed by atoms with E-state index in [0.29, 0.717) is 0 Å². The topological polar surface area (TPSA) is 89.8 Å². The van der Waals surface area contributed by atoms with Crippen LogP contribution in [0.25, 0.3) is 0 Å². The van der Waals surface area contributed by atoms with Gasteiger partial charge >= 0.3 is 5.97 Å². The molecule has 0 unspecified atom stereocenters. The first-order valence-corrected chi connectivity index (χ1v) is 2.92. The smallest absolute Gasteiger partial charge is 0.355 e. The molecule has 0 aliphatic heterocycles. The van der Waals surface area contributed by atoms with E-state index >= 15 is 0 Å². The van der Waals surface area contributed by atoms with E-state index < -0.39 is 5.97 Å². The van der Waals surface area contributed by atoms with Crippen molar-refractivity contribution in [2.75, 3.05) is 0 Å². The maximum Gasteiger partial charge on any atom is 0.355 e. The molecule has 2 N–H and O–H groups in total. The lowest BCUT2D eigenvalue weighted by Crippen LogP contribution is -1.98. The second-order valence-corrected chi connectivity index (χ2v) is 1.83. The number of rotatable bonds is 1. The molecule has 58 valence electrons. The third kappa shape index (κ3) is 1.41. The molecule has 0 fully saturated rings. The Morgan fingerprint density at radius 2 is 2.50 bits per heavy atom. The molecule has 0 saturated heterocycles. The van der Waals surface area contributed by atoms with Crippen LogP contribution in [0.1, 0.15) is 16.1 Å². The standard InChI is InChI=1S/C7H3N3O2/c8-3-1-2-5-4-9-10-6(5)7(11)12/h4H,(H,9,10)(H,11,12). The fourth-order valence-corrected chi connectivity index (χ4v) is 0.639. The van der Waals surface area contributed by atoms with Gasteiger partial charge in [0.25, 0.3) is 0 Å². The number of nitrogens with one attached hydrogen (secondary N) is 1. The number of aromatic nitrogens is 2. The zero-order valence-corrected chi connectivity index (χ0v) is 5.83. The van der Waals surface area contributed by atoms with Gasteiger partial charge in [0.15, 0.2) is 11.8 Å². The first-order valence-electron chi connectivity index (χ1n) is 2.92. The number of nitrogens with zero attached hydrogens (tertiary/aromatic N) is 2. The number of nitriles is 1. The molecule has 0 saturated carbocycles. The number of carboxylic acid groups (broad SMARTS) is 1. The molecule has 1 heterocycles. The van der Waals surface area contributed by atoms with Gasteiger partial charge in [0.1, 0.15) is 0 Å². The van der Waals surface area contributed by atoms with Crippen LogP contribution in [-0.2, 0) is 0 Å². The van der Waals surface area contributed by atoms with E-state index in [1.807, 2.05) is 0 Å². The lowest BCUT2D eigenvalue weighted by molar-refractivity contribution is 0.0690. The highest BCUT2D eigenvalue weighted by atomic mass is 16.4. The maximum absolute atomic E-state index is 10.4. The van der Waals surface area contributed by atoms with E-state index in [0.717, 1.165) is 0 Å². The maximum atomic E-state index is 10.4. The number of hydrogen-bond acceptors (Lipinski definition) is 3. The Morgan fingerprint density at radius 3 is 3.08 bits per heavy atom. The van der Waals surface area contributed by atoms with Gasteiger partial charge in [-0.3, -0.25) is 5.10 Å². The highest BCUT2D eigenvalue weighted by Crippen LogP contribution is 2.01. The third-order valence-electron chi connectivity index (χ3n) is 1.11. The summed E-state index contributed by atoms with van der Waals surface area (Å²) in [5, 5.41) is 22.4. The van der Waals surface area contributed by atoms with Gasteiger partial charge in [-0.1, -0.05) is 0 Å². The normalized spacial score (nSPS) is 7.92. The van der Waals surface area contributed by atoms with E-state index in [9.17, 15) is 4.79 Å². The summed E-state index contributed by atoms with van der Waals surface area (Å²) in [6.07, 6.45) is 1.26. The lowest BCUT2D eigenvalue weighted by atomic mass is 10.2. The van der Waals surface area contributed by atoms with Crippen LogP contribution < -0.4 is 0 Å². The molecule has 0 atom stereocenters. The van der Waals surface area contributed by atoms with Crippen LogP contribution in [0.15, 0.2) is 6.20 Å². The van der Waals surface area contributed by atoms with Crippen molar-refractivity contribution in [1.29, 1.82) is 5.26 Å². The molecular formula is C7H3N3O2. The Bertz CT molecular complexity index is 402. The van der Waals surface area contributed by atoms with Gasteiger partial charge in [-0.15, -0.1) is 0 Å². The fraction of sp³-hybridized carbons (Fsp3) is 0. The van der Waals surface area contributed by atoms with Crippen LogP contribution in [0.4, 0.5) is 0 Å². The largest absolute Gasteiger partial charge is 0.476 e. The zero-order valence-electron chi connectivity index (χ0n) is 5.83. The van der Waals surface area contributed by atoms with Crippen molar-refractivity contribution in [2.24, 2.45) is 0 Å². The van der Waals surface area contributed by atoms with E-state index in [1.165, 1.54) is 6.20 Å². The summed E-state index contributed by atoms with van der Waals surface area (Å²) in [6, 6.07) is 1.58. The third-order valence-corrected chi connectivity index (χ3v) is 1.11. The molecule has 1 aromatic heterocycles. The number of carboxylic acids is 1. The van der Waals surface area contributed by atoms with Gasteiger partial charge in [-0.25, -0.2) is 4.79 Å². The van der Waals surface area contributed by atoms with Gasteiger partial charge in [0.2, 0.25) is 0 Å². The van der Waals surface area contributed by atoms with Gasteiger partial charge in [-0.05, 0) is 5.92 Å². The number of aromatic amines is 1. The van der Waals surface area contributed by atoms with Crippen LogP contribution in [0.2, 0.25) is 0 Å². The lowest BCUT2D eigenvalue weighted by Gasteiger charge is -1.85. The molecule has 1 aromatic rings. The average Bonchev–Trinajstić information content (AvgIpc) is 2.48. The summed E-state index contributed by atoms with van der Waals surface area (Å²) in [7, 11) is 0. The number of carbonyl (C=O) groups is 1. The molecule has 0 spiro atoms. The van der Waals surface area contributed by atoms with Crippen LogP contribution in [0.5, 0.6) is 0 Å². The predicted molar refractivity (Wildman–Crippen MR) is 38.0 cm³/mol. The minimum atomic E-state index is -1.14. The van der Waals surface area contributed by atoms with E-state index in [2.05, 4.69) is 22.0 Å². The SMILES string of the molecule is N#CC#Cc1cn[nH]c1C(=O)O. The summed E-state index contributed by atoms with van der Waals surface area (Å²) in [6.45, 7) is 0. The van der Waals surface area contributed by atoms with Crippen molar-refractivity contribution in [2.45, 2.75) is 0 Å². The molecule has 0 aliphatic rings. The molecule has 5 heteroatoms. The van der Waals surface area contributed by atoms with Crippen molar-refractivity contribution < 1.29 is 9.90 Å². The predicted octanol–water partition coefficient (Wildman–Crippen LogP) is -0.0170. The summed E-state index contributed by atoms with van der Waals surface area (Å²) in [5.74, 6) is 3.27. The Morgan fingerprint density at radius 1 is 1.75 bits per heavy atom. The minimum absolute atomic E-state index is 0.0993. The molecule has 0 radical (unpaired) electrons. The molecule has 1 rings (SSSR count). The van der Waals surface area contributed by atoms with Gasteiger partial charge in [0.05, 0.1) is 11.8 Å². The number of aromatic carboxylic acids is 1. The monoisotopic (exact) mass is 161 g/mol. The Balaban J connectivity index is 3.10. The molecule has 5 nitrogen and oxygen atoms in total. The average molecular weight is 161 g/mol. The van der Waals surface area contributed by atoms with Crippen molar-refractivity contribution >= 4 is 5.97 Å². The Kier molecular flexibility index (Phi) is 2.10. The first-order chi connectivity index (χ1) is 5.75. The first kappa shape index (κ1) is 7.83. The molecule has 0 aliphatic carbocycles. The summed E-state index contributed by atoms with van der Waals surface area (Å²) >= 11 is 0. The highest BCUT2D eigenvalue weighted by Gasteiger charge is 2.09. The van der Waals surface area contributed by atoms with Gasteiger partial charge < -0.3 is 5.11 Å². The second kappa shape index (κ2) is 3.22. The molecular weight excluding hydrogens is 158 g/mol. The Hall–Kier alpha value is -2.27. The summed E-state index contributed by atoms with van der Waals surface area (Å²) in [4.78, 5) is 10.4. The minimum Gasteiger partial charge on any atom is -0.476 e. The summed E-state index contributed by atoms with van der Waals surface area (Å²) < 4.78 is 0. The Labute approximate surface area is 67.6 Å². The van der Waals surface area contributed by atoms with Crippen molar-refractivity contribution in [1.82, 2.24) is 10.2 Å². The molecule has 0 aromatic carbocycles. The van der Waals surface area contributed by atoms with Crippen LogP contribution in [-0.4, -0.2) is 21.3 Å². The van der Waals surface area contributed by atoms with E-state index in [1.54, 1.807) is 6.07 Å². The summed E-state index contributed by atoms with van der Waals surface area (Å²) in [5.41, 5.74) is 0.113. The van der Waals surface area contributed by atoms with Gasteiger partial charge in [0, 0.05) is 5.92 Å². The highest BCUT2D eigenvalue weighted by molar-refractivity contribution is 5.88. The van der Waals surface area contributed by atoms with Crippen LogP contribution in [0, 0.1) is 23.2 Å². The molecule has 0 amide bonds. The number of H-pyrrole nitrogens is 1. The van der Waals surface area contributed by atoms with Crippen molar-refractivity contribution in [3.05, 3.63) is 17.5 Å². The van der Waals surface area contributed by atoms with E-state index in [-0.39, 0.29) is 11.3 Å².